The molecule has 84 valence electrons. The van der Waals surface area contributed by atoms with Gasteiger partial charge in [0.2, 0.25) is 0 Å². The van der Waals surface area contributed by atoms with Crippen LogP contribution in [0, 0.1) is 5.92 Å². The summed E-state index contributed by atoms with van der Waals surface area (Å²) in [6.07, 6.45) is 2.18. The average molecular weight is 210 g/mol. The van der Waals surface area contributed by atoms with E-state index in [9.17, 15) is 5.11 Å². The van der Waals surface area contributed by atoms with Gasteiger partial charge >= 0.3 is 0 Å². The van der Waals surface area contributed by atoms with Crippen molar-refractivity contribution in [3.8, 4) is 0 Å². The Morgan fingerprint density at radius 1 is 1.47 bits per heavy atom. The van der Waals surface area contributed by atoms with E-state index in [-0.39, 0.29) is 12.0 Å². The first-order valence-corrected chi connectivity index (χ1v) is 4.98. The third-order valence-electron chi connectivity index (χ3n) is 2.45. The number of anilines is 1. The van der Waals surface area contributed by atoms with Crippen LogP contribution >= 0.6 is 0 Å². The lowest BCUT2D eigenvalue weighted by Gasteiger charge is -2.25. The molecule has 0 bridgehead atoms. The zero-order valence-corrected chi connectivity index (χ0v) is 9.34. The molecule has 0 aliphatic heterocycles. The molecule has 0 saturated carbocycles. The van der Waals surface area contributed by atoms with Crippen LogP contribution in [0.3, 0.4) is 0 Å². The fourth-order valence-corrected chi connectivity index (χ4v) is 1.61. The molecule has 0 fully saturated rings. The molecule has 15 heavy (non-hydrogen) atoms. The van der Waals surface area contributed by atoms with Crippen molar-refractivity contribution >= 4 is 5.69 Å². The van der Waals surface area contributed by atoms with Gasteiger partial charge in [0.05, 0.1) is 6.10 Å². The minimum atomic E-state index is -0.733. The van der Waals surface area contributed by atoms with Crippen molar-refractivity contribution in [2.45, 2.75) is 26.1 Å². The van der Waals surface area contributed by atoms with Crippen LogP contribution in [0.15, 0.2) is 18.5 Å². The Hall–Kier alpha value is -1.13. The molecule has 4 nitrogen and oxygen atoms in total. The first-order valence-electron chi connectivity index (χ1n) is 4.98. The second kappa shape index (κ2) is 5.09. The molecule has 1 heterocycles. The number of nitrogens with two attached hydrogens (primary N) is 1. The van der Waals surface area contributed by atoms with E-state index in [0.29, 0.717) is 11.3 Å². The molecule has 0 amide bonds. The lowest BCUT2D eigenvalue weighted by atomic mass is 9.96. The molecule has 0 saturated heterocycles. The maximum absolute atomic E-state index is 10.1. The largest absolute Gasteiger partial charge is 0.398 e. The Kier molecular flexibility index (Phi) is 4.05. The van der Waals surface area contributed by atoms with Gasteiger partial charge in [-0.1, -0.05) is 13.8 Å². The standard InChI is InChI=1S/C11H18N2O2/c1-7(2)11(15-3)10(14)8-6-13-5-4-9(8)12/h4-7,10-11,14H,1-3H3,(H2,12,13). The summed E-state index contributed by atoms with van der Waals surface area (Å²) in [4.78, 5) is 3.95. The predicted molar refractivity (Wildman–Crippen MR) is 59.2 cm³/mol. The topological polar surface area (TPSA) is 68.4 Å². The average Bonchev–Trinajstić information content (AvgIpc) is 2.18. The number of pyridine rings is 1. The van der Waals surface area contributed by atoms with Crippen LogP contribution in [-0.2, 0) is 4.74 Å². The Bertz CT molecular complexity index is 315. The van der Waals surface area contributed by atoms with Crippen molar-refractivity contribution in [2.24, 2.45) is 5.92 Å². The van der Waals surface area contributed by atoms with E-state index < -0.39 is 6.10 Å². The third kappa shape index (κ3) is 2.67. The smallest absolute Gasteiger partial charge is 0.109 e. The minimum absolute atomic E-state index is 0.213. The number of methoxy groups -OCH3 is 1. The number of ether oxygens (including phenoxy) is 1. The van der Waals surface area contributed by atoms with Gasteiger partial charge in [0.15, 0.2) is 0 Å². The Labute approximate surface area is 90.1 Å². The molecule has 0 aromatic carbocycles. The Balaban J connectivity index is 2.92. The quantitative estimate of drug-likeness (QED) is 0.787. The van der Waals surface area contributed by atoms with E-state index in [0.717, 1.165) is 0 Å². The van der Waals surface area contributed by atoms with E-state index in [2.05, 4.69) is 4.98 Å². The molecule has 0 aliphatic rings. The summed E-state index contributed by atoms with van der Waals surface area (Å²) in [6, 6.07) is 1.67. The van der Waals surface area contributed by atoms with Gasteiger partial charge in [0, 0.05) is 30.8 Å². The second-order valence-electron chi connectivity index (χ2n) is 3.89. The van der Waals surface area contributed by atoms with Crippen molar-refractivity contribution in [3.05, 3.63) is 24.0 Å². The number of hydrogen-bond acceptors (Lipinski definition) is 4. The van der Waals surface area contributed by atoms with Gasteiger partial charge in [-0.25, -0.2) is 0 Å². The fourth-order valence-electron chi connectivity index (χ4n) is 1.61. The van der Waals surface area contributed by atoms with Crippen LogP contribution in [0.5, 0.6) is 0 Å². The molecule has 1 rings (SSSR count). The molecule has 0 radical (unpaired) electrons. The number of rotatable bonds is 4. The molecule has 0 aliphatic carbocycles. The maximum Gasteiger partial charge on any atom is 0.109 e. The van der Waals surface area contributed by atoms with Crippen molar-refractivity contribution in [1.29, 1.82) is 0 Å². The SMILES string of the molecule is COC(C(C)C)C(O)c1cnccc1N. The summed E-state index contributed by atoms with van der Waals surface area (Å²) in [5.41, 5.74) is 6.92. The number of aliphatic hydroxyl groups excluding tert-OH is 1. The van der Waals surface area contributed by atoms with Crippen LogP contribution < -0.4 is 5.73 Å². The predicted octanol–water partition coefficient (Wildman–Crippen LogP) is 1.37. The van der Waals surface area contributed by atoms with Gasteiger partial charge in [0.1, 0.15) is 6.10 Å². The zero-order chi connectivity index (χ0) is 11.4. The van der Waals surface area contributed by atoms with Gasteiger partial charge < -0.3 is 15.6 Å². The first-order chi connectivity index (χ1) is 7.07. The van der Waals surface area contributed by atoms with Gasteiger partial charge in [0.25, 0.3) is 0 Å². The highest BCUT2D eigenvalue weighted by Crippen LogP contribution is 2.27. The van der Waals surface area contributed by atoms with E-state index in [1.165, 1.54) is 0 Å². The van der Waals surface area contributed by atoms with Gasteiger partial charge in [-0.2, -0.15) is 0 Å². The van der Waals surface area contributed by atoms with E-state index in [4.69, 9.17) is 10.5 Å². The highest BCUT2D eigenvalue weighted by Gasteiger charge is 2.25. The highest BCUT2D eigenvalue weighted by atomic mass is 16.5. The number of nitrogens with zero attached hydrogens (tertiary/aromatic N) is 1. The second-order valence-corrected chi connectivity index (χ2v) is 3.89. The zero-order valence-electron chi connectivity index (χ0n) is 9.34. The third-order valence-corrected chi connectivity index (χ3v) is 2.45. The minimum Gasteiger partial charge on any atom is -0.398 e. The van der Waals surface area contributed by atoms with Gasteiger partial charge in [-0.3, -0.25) is 4.98 Å². The fraction of sp³-hybridized carbons (Fsp3) is 0.545. The molecule has 1 aromatic heterocycles. The van der Waals surface area contributed by atoms with Crippen molar-refractivity contribution < 1.29 is 9.84 Å². The molecule has 0 spiro atoms. The van der Waals surface area contributed by atoms with Gasteiger partial charge in [-0.15, -0.1) is 0 Å². The lowest BCUT2D eigenvalue weighted by Crippen LogP contribution is -2.27. The van der Waals surface area contributed by atoms with E-state index in [1.54, 1.807) is 25.6 Å². The maximum atomic E-state index is 10.1. The summed E-state index contributed by atoms with van der Waals surface area (Å²) >= 11 is 0. The van der Waals surface area contributed by atoms with E-state index in [1.807, 2.05) is 13.8 Å². The summed E-state index contributed by atoms with van der Waals surface area (Å²) < 4.78 is 5.25. The van der Waals surface area contributed by atoms with Crippen LogP contribution in [0.2, 0.25) is 0 Å². The molecular weight excluding hydrogens is 192 g/mol. The van der Waals surface area contributed by atoms with Crippen molar-refractivity contribution in [3.63, 3.8) is 0 Å². The van der Waals surface area contributed by atoms with Crippen LogP contribution in [0.25, 0.3) is 0 Å². The van der Waals surface area contributed by atoms with Gasteiger partial charge in [-0.05, 0) is 12.0 Å². The van der Waals surface area contributed by atoms with E-state index >= 15 is 0 Å². The van der Waals surface area contributed by atoms with Crippen LogP contribution in [-0.4, -0.2) is 23.3 Å². The van der Waals surface area contributed by atoms with Crippen LogP contribution in [0.1, 0.15) is 25.5 Å². The van der Waals surface area contributed by atoms with Crippen LogP contribution in [0.4, 0.5) is 5.69 Å². The summed E-state index contributed by atoms with van der Waals surface area (Å²) in [5.74, 6) is 0.213. The summed E-state index contributed by atoms with van der Waals surface area (Å²) in [7, 11) is 1.58. The highest BCUT2D eigenvalue weighted by molar-refractivity contribution is 5.45. The van der Waals surface area contributed by atoms with Crippen molar-refractivity contribution in [1.82, 2.24) is 4.98 Å². The molecule has 1 aromatic rings. The molecular formula is C11H18N2O2. The lowest BCUT2D eigenvalue weighted by molar-refractivity contribution is -0.0388. The Morgan fingerprint density at radius 3 is 2.60 bits per heavy atom. The number of nitrogen functional groups attached to an aromatic ring is 1. The number of aliphatic hydroxyl groups is 1. The number of aromatic nitrogens is 1. The summed E-state index contributed by atoms with van der Waals surface area (Å²) in [6.45, 7) is 3.98. The Morgan fingerprint density at radius 2 is 2.13 bits per heavy atom. The normalized spacial score (nSPS) is 15.3. The molecule has 4 heteroatoms. The summed E-state index contributed by atoms with van der Waals surface area (Å²) in [5, 5.41) is 10.1. The first kappa shape index (κ1) is 11.9. The number of hydrogen-bond donors (Lipinski definition) is 2. The van der Waals surface area contributed by atoms with Crippen molar-refractivity contribution in [2.75, 3.05) is 12.8 Å². The molecule has 2 atom stereocenters. The monoisotopic (exact) mass is 210 g/mol. The molecule has 3 N–H and O–H groups in total. The molecule has 2 unspecified atom stereocenters.